The van der Waals surface area contributed by atoms with E-state index in [0.717, 1.165) is 21.9 Å². The number of ether oxygens (including phenoxy) is 3. The van der Waals surface area contributed by atoms with Gasteiger partial charge in [0.1, 0.15) is 5.75 Å². The van der Waals surface area contributed by atoms with Crippen molar-refractivity contribution in [2.75, 3.05) is 11.7 Å². The molecule has 1 fully saturated rings. The Hall–Kier alpha value is -4.62. The maximum Gasteiger partial charge on any atom is 0.319 e. The lowest BCUT2D eigenvalue weighted by Crippen LogP contribution is -2.42. The summed E-state index contributed by atoms with van der Waals surface area (Å²) in [6, 6.07) is 23.7. The van der Waals surface area contributed by atoms with E-state index in [-0.39, 0.29) is 12.7 Å². The first-order chi connectivity index (χ1) is 19.5. The normalized spacial score (nSPS) is 24.4. The van der Waals surface area contributed by atoms with Gasteiger partial charge in [-0.15, -0.1) is 0 Å². The zero-order valence-electron chi connectivity index (χ0n) is 20.9. The van der Waals surface area contributed by atoms with Gasteiger partial charge in [0, 0.05) is 21.9 Å². The Kier molecular flexibility index (Phi) is 4.91. The molecule has 0 unspecified atom stereocenters. The minimum atomic E-state index is -0.939. The van der Waals surface area contributed by atoms with E-state index in [0.29, 0.717) is 33.5 Å². The fourth-order valence-electron chi connectivity index (χ4n) is 6.58. The van der Waals surface area contributed by atoms with Crippen molar-refractivity contribution in [3.8, 4) is 17.2 Å². The molecule has 0 aromatic heterocycles. The van der Waals surface area contributed by atoms with Crippen LogP contribution in [0, 0.1) is 17.8 Å². The molecule has 7 nitrogen and oxygen atoms in total. The lowest BCUT2D eigenvalue weighted by atomic mass is 9.64. The number of nitrogens with zero attached hydrogens (tertiary/aromatic N) is 1. The Morgan fingerprint density at radius 1 is 0.800 bits per heavy atom. The molecule has 8 heteroatoms. The van der Waals surface area contributed by atoms with Crippen molar-refractivity contribution in [2.45, 2.75) is 5.92 Å². The first-order valence-electron chi connectivity index (χ1n) is 13.0. The fraction of sp³-hybridized carbons (Fsp3) is 0.156. The number of amides is 2. The molecule has 0 bridgehead atoms. The molecule has 4 aromatic rings. The molecule has 4 aromatic carbocycles. The van der Waals surface area contributed by atoms with Gasteiger partial charge in [-0.1, -0.05) is 60.1 Å². The van der Waals surface area contributed by atoms with Crippen molar-refractivity contribution in [2.24, 2.45) is 17.8 Å². The number of hydrogen-bond acceptors (Lipinski definition) is 6. The van der Waals surface area contributed by atoms with E-state index < -0.39 is 35.5 Å². The van der Waals surface area contributed by atoms with Crippen LogP contribution in [0.1, 0.15) is 17.0 Å². The highest BCUT2D eigenvalue weighted by molar-refractivity contribution is 6.31. The number of hydrogen-bond donors (Lipinski definition) is 0. The fourth-order valence-corrected chi connectivity index (χ4v) is 6.70. The van der Waals surface area contributed by atoms with Crippen molar-refractivity contribution < 1.29 is 28.6 Å². The van der Waals surface area contributed by atoms with Crippen molar-refractivity contribution in [1.82, 2.24) is 0 Å². The van der Waals surface area contributed by atoms with Gasteiger partial charge in [-0.2, -0.15) is 0 Å². The predicted octanol–water partition coefficient (Wildman–Crippen LogP) is 5.74. The monoisotopic (exact) mass is 549 g/mol. The second kappa shape index (κ2) is 8.44. The first-order valence-corrected chi connectivity index (χ1v) is 13.4. The van der Waals surface area contributed by atoms with Crippen molar-refractivity contribution in [1.29, 1.82) is 0 Å². The number of imide groups is 1. The minimum absolute atomic E-state index is 0.118. The molecule has 40 heavy (non-hydrogen) atoms. The number of anilines is 1. The van der Waals surface area contributed by atoms with Gasteiger partial charge >= 0.3 is 5.97 Å². The van der Waals surface area contributed by atoms with Crippen LogP contribution in [0.25, 0.3) is 16.3 Å². The van der Waals surface area contributed by atoms with Crippen LogP contribution in [0.15, 0.2) is 84.9 Å². The molecule has 0 radical (unpaired) electrons. The molecule has 0 spiro atoms. The van der Waals surface area contributed by atoms with Gasteiger partial charge in [-0.05, 0) is 52.9 Å². The summed E-state index contributed by atoms with van der Waals surface area (Å²) in [6.07, 6.45) is 1.97. The van der Waals surface area contributed by atoms with E-state index in [1.165, 1.54) is 4.90 Å². The summed E-state index contributed by atoms with van der Waals surface area (Å²) < 4.78 is 17.1. The molecule has 4 atom stereocenters. The molecular weight excluding hydrogens is 530 g/mol. The Morgan fingerprint density at radius 2 is 1.57 bits per heavy atom. The third kappa shape index (κ3) is 3.21. The molecule has 8 rings (SSSR count). The maximum atomic E-state index is 14.1. The average Bonchev–Trinajstić information content (AvgIpc) is 3.55. The predicted molar refractivity (Wildman–Crippen MR) is 147 cm³/mol. The van der Waals surface area contributed by atoms with Crippen LogP contribution in [0.4, 0.5) is 5.69 Å². The molecule has 0 N–H and O–H groups in total. The number of rotatable bonds is 2. The van der Waals surface area contributed by atoms with E-state index in [1.807, 2.05) is 60.7 Å². The Morgan fingerprint density at radius 3 is 2.42 bits per heavy atom. The summed E-state index contributed by atoms with van der Waals surface area (Å²) in [7, 11) is 0. The molecule has 3 heterocycles. The standard InChI is InChI=1S/C32H20ClNO6/c33-18-7-9-19(10-8-18)34-30(35)26-22(17-6-12-24-25(13-17)39-15-38-24)14-23-21-11-5-16-3-1-2-4-20(16)29(21)40-32(37)27(23)28(26)31(34)36/h1-14,22,26-28H,15H2/t22-,26+,27+,28+/m1/s1. The van der Waals surface area contributed by atoms with Crippen LogP contribution in [0.3, 0.4) is 0 Å². The summed E-state index contributed by atoms with van der Waals surface area (Å²) in [5.41, 5.74) is 2.65. The van der Waals surface area contributed by atoms with Gasteiger partial charge < -0.3 is 14.2 Å². The van der Waals surface area contributed by atoms with E-state index in [2.05, 4.69) is 0 Å². The van der Waals surface area contributed by atoms with Crippen LogP contribution in [-0.4, -0.2) is 24.6 Å². The van der Waals surface area contributed by atoms with Gasteiger partial charge in [0.25, 0.3) is 0 Å². The van der Waals surface area contributed by atoms with Crippen LogP contribution >= 0.6 is 11.6 Å². The second-order valence-electron chi connectivity index (χ2n) is 10.4. The largest absolute Gasteiger partial charge is 0.454 e. The molecule has 1 saturated heterocycles. The van der Waals surface area contributed by atoms with Gasteiger partial charge in [0.15, 0.2) is 11.5 Å². The molecule has 3 aliphatic heterocycles. The molecule has 0 saturated carbocycles. The molecule has 2 amide bonds. The Balaban J connectivity index is 1.34. The van der Waals surface area contributed by atoms with E-state index in [9.17, 15) is 14.4 Å². The van der Waals surface area contributed by atoms with Crippen molar-refractivity contribution in [3.05, 3.63) is 101 Å². The highest BCUT2D eigenvalue weighted by atomic mass is 35.5. The van der Waals surface area contributed by atoms with Crippen molar-refractivity contribution in [3.63, 3.8) is 0 Å². The van der Waals surface area contributed by atoms with Gasteiger partial charge in [0.2, 0.25) is 18.6 Å². The number of fused-ring (bicyclic) bond motifs is 8. The number of allylic oxidation sites excluding steroid dienone is 1. The second-order valence-corrected chi connectivity index (χ2v) is 10.8. The zero-order valence-corrected chi connectivity index (χ0v) is 21.6. The highest BCUT2D eigenvalue weighted by Gasteiger charge is 2.60. The Labute approximate surface area is 233 Å². The summed E-state index contributed by atoms with van der Waals surface area (Å²) in [4.78, 5) is 43.1. The van der Waals surface area contributed by atoms with Gasteiger partial charge in [-0.25, -0.2) is 4.90 Å². The molecule has 1 aliphatic carbocycles. The SMILES string of the molecule is O=C1Oc2c(ccc3ccccc23)C2=C[C@H](c3ccc4c(c3)OCO4)[C@@H]3C(=O)N(c4ccc(Cl)cc4)C(=O)[C@@H]3[C@@H]12. The smallest absolute Gasteiger partial charge is 0.319 e. The summed E-state index contributed by atoms with van der Waals surface area (Å²) >= 11 is 6.08. The summed E-state index contributed by atoms with van der Waals surface area (Å²) in [6.45, 7) is 0.118. The number of benzene rings is 4. The molecule has 196 valence electrons. The van der Waals surface area contributed by atoms with Gasteiger partial charge in [0.05, 0.1) is 23.4 Å². The van der Waals surface area contributed by atoms with Crippen molar-refractivity contribution >= 4 is 51.4 Å². The third-order valence-electron chi connectivity index (χ3n) is 8.35. The Bertz CT molecular complexity index is 1810. The lowest BCUT2D eigenvalue weighted by Gasteiger charge is -2.38. The summed E-state index contributed by atoms with van der Waals surface area (Å²) in [5, 5.41) is 2.24. The van der Waals surface area contributed by atoms with Crippen LogP contribution < -0.4 is 19.1 Å². The quantitative estimate of drug-likeness (QED) is 0.180. The minimum Gasteiger partial charge on any atom is -0.454 e. The average molecular weight is 550 g/mol. The summed E-state index contributed by atoms with van der Waals surface area (Å²) in [5.74, 6) is -2.83. The number of esters is 1. The van der Waals surface area contributed by atoms with Crippen LogP contribution in [0.5, 0.6) is 17.2 Å². The number of carbonyl (C=O) groups excluding carboxylic acids is 3. The topological polar surface area (TPSA) is 82.1 Å². The number of carbonyl (C=O) groups is 3. The lowest BCUT2D eigenvalue weighted by molar-refractivity contribution is -0.142. The molecular formula is C32H20ClNO6. The maximum absolute atomic E-state index is 14.1. The van der Waals surface area contributed by atoms with E-state index in [4.69, 9.17) is 25.8 Å². The molecule has 4 aliphatic rings. The van der Waals surface area contributed by atoms with Crippen LogP contribution in [-0.2, 0) is 14.4 Å². The first kappa shape index (κ1) is 23.3. The van der Waals surface area contributed by atoms with E-state index in [1.54, 1.807) is 24.3 Å². The van der Waals surface area contributed by atoms with Gasteiger partial charge in [-0.3, -0.25) is 14.4 Å². The van der Waals surface area contributed by atoms with Crippen LogP contribution in [0.2, 0.25) is 5.02 Å². The highest BCUT2D eigenvalue weighted by Crippen LogP contribution is 2.56. The third-order valence-corrected chi connectivity index (χ3v) is 8.60. The van der Waals surface area contributed by atoms with E-state index >= 15 is 0 Å². The number of halogens is 1. The zero-order chi connectivity index (χ0) is 27.1.